The zero-order valence-electron chi connectivity index (χ0n) is 12.0. The summed E-state index contributed by atoms with van der Waals surface area (Å²) in [5.41, 5.74) is 6.15. The minimum atomic E-state index is -0.822. The normalized spacial score (nSPS) is 15.3. The maximum absolute atomic E-state index is 11.8. The predicted molar refractivity (Wildman–Crippen MR) is 76.2 cm³/mol. The lowest BCUT2D eigenvalue weighted by atomic mass is 9.98. The Labute approximate surface area is 123 Å². The van der Waals surface area contributed by atoms with Gasteiger partial charge in [-0.3, -0.25) is 0 Å². The van der Waals surface area contributed by atoms with Gasteiger partial charge in [0, 0.05) is 11.8 Å². The molecule has 0 aromatic heterocycles. The van der Waals surface area contributed by atoms with Gasteiger partial charge in [-0.2, -0.15) is 0 Å². The Hall–Kier alpha value is -2.24. The van der Waals surface area contributed by atoms with E-state index in [1.165, 1.54) is 25.3 Å². The van der Waals surface area contributed by atoms with Crippen LogP contribution in [-0.4, -0.2) is 25.3 Å². The number of hydrogen-bond donors (Lipinski definition) is 1. The molecule has 0 aliphatic heterocycles. The van der Waals surface area contributed by atoms with E-state index in [4.69, 9.17) is 15.2 Å². The molecule has 1 aromatic rings. The van der Waals surface area contributed by atoms with Crippen LogP contribution in [0.25, 0.3) is 0 Å². The molecule has 114 valence electrons. The van der Waals surface area contributed by atoms with E-state index in [0.717, 1.165) is 32.1 Å². The number of hydrogen-bond acceptors (Lipinski definition) is 6. The molecule has 0 unspecified atom stereocenters. The van der Waals surface area contributed by atoms with Gasteiger partial charge in [-0.25, -0.2) is 9.59 Å². The number of carbonyl (C=O) groups excluding carboxylic acids is 2. The average molecular weight is 293 g/mol. The highest BCUT2D eigenvalue weighted by atomic mass is 16.7. The third-order valence-electron chi connectivity index (χ3n) is 3.42. The SMILES string of the molecule is COC(=O)c1ccc(N)cc1OC(=O)OC1CCCCC1. The lowest BCUT2D eigenvalue weighted by Gasteiger charge is -2.21. The van der Waals surface area contributed by atoms with Crippen LogP contribution in [0.3, 0.4) is 0 Å². The van der Waals surface area contributed by atoms with Crippen molar-refractivity contribution >= 4 is 17.8 Å². The van der Waals surface area contributed by atoms with Gasteiger partial charge < -0.3 is 19.9 Å². The molecule has 21 heavy (non-hydrogen) atoms. The highest BCUT2D eigenvalue weighted by Gasteiger charge is 2.21. The van der Waals surface area contributed by atoms with Crippen LogP contribution < -0.4 is 10.5 Å². The monoisotopic (exact) mass is 293 g/mol. The van der Waals surface area contributed by atoms with Crippen LogP contribution in [0.15, 0.2) is 18.2 Å². The second-order valence-corrected chi connectivity index (χ2v) is 4.98. The largest absolute Gasteiger partial charge is 0.514 e. The van der Waals surface area contributed by atoms with Crippen molar-refractivity contribution in [2.75, 3.05) is 12.8 Å². The molecule has 1 aromatic carbocycles. The summed E-state index contributed by atoms with van der Waals surface area (Å²) in [6, 6.07) is 4.38. The Kier molecular flexibility index (Phi) is 5.03. The zero-order valence-corrected chi connectivity index (χ0v) is 12.0. The van der Waals surface area contributed by atoms with Crippen LogP contribution in [0, 0.1) is 0 Å². The van der Waals surface area contributed by atoms with Gasteiger partial charge in [-0.05, 0) is 37.8 Å². The first-order valence-electron chi connectivity index (χ1n) is 6.96. The van der Waals surface area contributed by atoms with E-state index in [9.17, 15) is 9.59 Å². The topological polar surface area (TPSA) is 87.9 Å². The summed E-state index contributed by atoms with van der Waals surface area (Å²) < 4.78 is 15.0. The number of nitrogen functional groups attached to an aromatic ring is 1. The van der Waals surface area contributed by atoms with Crippen LogP contribution >= 0.6 is 0 Å². The van der Waals surface area contributed by atoms with Gasteiger partial charge in [-0.1, -0.05) is 6.42 Å². The fraction of sp³-hybridized carbons (Fsp3) is 0.467. The third kappa shape index (κ3) is 4.11. The quantitative estimate of drug-likeness (QED) is 0.523. The van der Waals surface area contributed by atoms with Gasteiger partial charge in [0.1, 0.15) is 11.7 Å². The Bertz CT molecular complexity index is 523. The average Bonchev–Trinajstić information content (AvgIpc) is 2.47. The molecule has 1 aliphatic carbocycles. The summed E-state index contributed by atoms with van der Waals surface area (Å²) >= 11 is 0. The maximum atomic E-state index is 11.8. The van der Waals surface area contributed by atoms with E-state index in [0.29, 0.717) is 5.69 Å². The lowest BCUT2D eigenvalue weighted by molar-refractivity contribution is 0.0410. The standard InChI is InChI=1S/C15H19NO5/c1-19-14(17)12-8-7-10(16)9-13(12)21-15(18)20-11-5-3-2-4-6-11/h7-9,11H,2-6,16H2,1H3. The number of nitrogens with two attached hydrogens (primary N) is 1. The van der Waals surface area contributed by atoms with Gasteiger partial charge in [-0.15, -0.1) is 0 Å². The summed E-state index contributed by atoms with van der Waals surface area (Å²) in [6.07, 6.45) is 4.00. The van der Waals surface area contributed by atoms with Crippen LogP contribution in [0.1, 0.15) is 42.5 Å². The summed E-state index contributed by atoms with van der Waals surface area (Å²) in [7, 11) is 1.25. The first-order valence-corrected chi connectivity index (χ1v) is 6.96. The minimum Gasteiger partial charge on any atom is -0.465 e. The molecule has 0 bridgehead atoms. The first kappa shape index (κ1) is 15.2. The highest BCUT2D eigenvalue weighted by Crippen LogP contribution is 2.25. The molecule has 0 heterocycles. The fourth-order valence-electron chi connectivity index (χ4n) is 2.33. The zero-order chi connectivity index (χ0) is 15.2. The van der Waals surface area contributed by atoms with Gasteiger partial charge in [0.05, 0.1) is 7.11 Å². The Morgan fingerprint density at radius 3 is 2.57 bits per heavy atom. The molecule has 2 rings (SSSR count). The highest BCUT2D eigenvalue weighted by molar-refractivity contribution is 5.93. The van der Waals surface area contributed by atoms with Crippen molar-refractivity contribution in [3.8, 4) is 5.75 Å². The number of anilines is 1. The molecule has 0 atom stereocenters. The smallest absolute Gasteiger partial charge is 0.465 e. The van der Waals surface area contributed by atoms with Crippen LogP contribution in [0.2, 0.25) is 0 Å². The Morgan fingerprint density at radius 2 is 1.90 bits per heavy atom. The molecular formula is C15H19NO5. The summed E-state index contributed by atoms with van der Waals surface area (Å²) in [5.74, 6) is -0.557. The Balaban J connectivity index is 2.05. The molecule has 6 heteroatoms. The molecule has 0 spiro atoms. The van der Waals surface area contributed by atoms with Crippen molar-refractivity contribution < 1.29 is 23.8 Å². The number of methoxy groups -OCH3 is 1. The second-order valence-electron chi connectivity index (χ2n) is 4.98. The van der Waals surface area contributed by atoms with Crippen molar-refractivity contribution in [3.63, 3.8) is 0 Å². The Morgan fingerprint density at radius 1 is 1.19 bits per heavy atom. The summed E-state index contributed by atoms with van der Waals surface area (Å²) in [5, 5.41) is 0. The van der Waals surface area contributed by atoms with E-state index in [2.05, 4.69) is 4.74 Å². The van der Waals surface area contributed by atoms with E-state index < -0.39 is 12.1 Å². The van der Waals surface area contributed by atoms with Crippen molar-refractivity contribution in [1.29, 1.82) is 0 Å². The predicted octanol–water partition coefficient (Wildman–Crippen LogP) is 2.90. The fourth-order valence-corrected chi connectivity index (χ4v) is 2.33. The molecule has 0 amide bonds. The van der Waals surface area contributed by atoms with Crippen LogP contribution in [0.5, 0.6) is 5.75 Å². The molecule has 1 saturated carbocycles. The van der Waals surface area contributed by atoms with Crippen molar-refractivity contribution in [1.82, 2.24) is 0 Å². The number of carbonyl (C=O) groups is 2. The molecule has 2 N–H and O–H groups in total. The number of benzene rings is 1. The van der Waals surface area contributed by atoms with Crippen LogP contribution in [-0.2, 0) is 9.47 Å². The molecule has 6 nitrogen and oxygen atoms in total. The van der Waals surface area contributed by atoms with Crippen molar-refractivity contribution in [2.45, 2.75) is 38.2 Å². The second kappa shape index (κ2) is 6.97. The molecule has 0 saturated heterocycles. The van der Waals surface area contributed by atoms with Crippen molar-refractivity contribution in [3.05, 3.63) is 23.8 Å². The first-order chi connectivity index (χ1) is 10.1. The minimum absolute atomic E-state index is 0.0441. The lowest BCUT2D eigenvalue weighted by Crippen LogP contribution is -2.23. The molecular weight excluding hydrogens is 274 g/mol. The number of esters is 1. The van der Waals surface area contributed by atoms with Gasteiger partial charge in [0.2, 0.25) is 0 Å². The van der Waals surface area contributed by atoms with E-state index in [1.54, 1.807) is 0 Å². The van der Waals surface area contributed by atoms with Gasteiger partial charge in [0.25, 0.3) is 0 Å². The number of rotatable bonds is 3. The van der Waals surface area contributed by atoms with Crippen molar-refractivity contribution in [2.24, 2.45) is 0 Å². The summed E-state index contributed by atoms with van der Waals surface area (Å²) in [4.78, 5) is 23.4. The van der Waals surface area contributed by atoms with E-state index >= 15 is 0 Å². The van der Waals surface area contributed by atoms with Gasteiger partial charge >= 0.3 is 12.1 Å². The maximum Gasteiger partial charge on any atom is 0.514 e. The molecule has 1 aliphatic rings. The van der Waals surface area contributed by atoms with Gasteiger partial charge in [0.15, 0.2) is 5.75 Å². The van der Waals surface area contributed by atoms with Crippen LogP contribution in [0.4, 0.5) is 10.5 Å². The summed E-state index contributed by atoms with van der Waals surface area (Å²) in [6.45, 7) is 0. The van der Waals surface area contributed by atoms with E-state index in [-0.39, 0.29) is 17.4 Å². The number of ether oxygens (including phenoxy) is 3. The molecule has 0 radical (unpaired) electrons. The molecule has 1 fully saturated rings. The van der Waals surface area contributed by atoms with E-state index in [1.807, 2.05) is 0 Å². The third-order valence-corrected chi connectivity index (χ3v) is 3.42.